The minimum Gasteiger partial charge on any atom is -0.496 e. The number of nitrogens with zero attached hydrogens (tertiary/aromatic N) is 3. The van der Waals surface area contributed by atoms with Gasteiger partial charge in [0.25, 0.3) is 0 Å². The molecule has 1 aromatic carbocycles. The number of nitro benzene ring substituents is 1. The molecule has 124 valence electrons. The summed E-state index contributed by atoms with van der Waals surface area (Å²) in [6.45, 7) is 1.54. The summed E-state index contributed by atoms with van der Waals surface area (Å²) < 4.78 is 15.5. The summed E-state index contributed by atoms with van der Waals surface area (Å²) in [5.41, 5.74) is 8.46. The van der Waals surface area contributed by atoms with Crippen LogP contribution in [0.1, 0.15) is 18.6 Å². The summed E-state index contributed by atoms with van der Waals surface area (Å²) in [5, 5.41) is 11.2. The Balaban J connectivity index is 3.53. The third kappa shape index (κ3) is 3.91. The molecule has 0 aromatic heterocycles. The van der Waals surface area contributed by atoms with Crippen molar-refractivity contribution in [2.75, 3.05) is 21.3 Å². The molecule has 9 nitrogen and oxygen atoms in total. The molecule has 0 saturated carbocycles. The van der Waals surface area contributed by atoms with Crippen molar-refractivity contribution in [3.05, 3.63) is 33.3 Å². The molecule has 0 N–H and O–H groups in total. The van der Waals surface area contributed by atoms with Crippen molar-refractivity contribution >= 4 is 17.7 Å². The molecule has 0 unspecified atom stereocenters. The van der Waals surface area contributed by atoms with E-state index < -0.39 is 22.7 Å². The van der Waals surface area contributed by atoms with Crippen LogP contribution >= 0.6 is 0 Å². The van der Waals surface area contributed by atoms with E-state index in [0.29, 0.717) is 0 Å². The molecule has 0 aliphatic rings. The van der Waals surface area contributed by atoms with Gasteiger partial charge < -0.3 is 19.7 Å². The normalized spacial score (nSPS) is 12.7. The smallest absolute Gasteiger partial charge is 0.323 e. The van der Waals surface area contributed by atoms with Gasteiger partial charge in [-0.05, 0) is 6.07 Å². The Morgan fingerprint density at radius 3 is 2.43 bits per heavy atom. The molecule has 23 heavy (non-hydrogen) atoms. The molecule has 2 atom stereocenters. The second-order valence-electron chi connectivity index (χ2n) is 4.62. The van der Waals surface area contributed by atoms with E-state index in [9.17, 15) is 14.9 Å². The highest BCUT2D eigenvalue weighted by Crippen LogP contribution is 2.41. The molecule has 1 rings (SSSR count). The van der Waals surface area contributed by atoms with Gasteiger partial charge in [0.1, 0.15) is 5.75 Å². The Morgan fingerprint density at radius 2 is 2.00 bits per heavy atom. The van der Waals surface area contributed by atoms with E-state index >= 15 is 0 Å². The number of benzene rings is 1. The van der Waals surface area contributed by atoms with Gasteiger partial charge in [0.15, 0.2) is 0 Å². The molecule has 0 aliphatic carbocycles. The van der Waals surface area contributed by atoms with Gasteiger partial charge >= 0.3 is 11.9 Å². The second kappa shape index (κ2) is 8.02. The van der Waals surface area contributed by atoms with Crippen LogP contribution in [0.3, 0.4) is 0 Å². The Morgan fingerprint density at radius 1 is 1.35 bits per heavy atom. The van der Waals surface area contributed by atoms with Crippen LogP contribution in [0.2, 0.25) is 0 Å². The topological polar surface area (TPSA) is 124 Å². The Hall–Kier alpha value is -2.77. The van der Waals surface area contributed by atoms with E-state index in [4.69, 9.17) is 19.7 Å². The van der Waals surface area contributed by atoms with Crippen molar-refractivity contribution < 1.29 is 28.7 Å². The van der Waals surface area contributed by atoms with Crippen LogP contribution in [0.15, 0.2) is 12.1 Å². The molecule has 0 radical (unpaired) electrons. The van der Waals surface area contributed by atoms with E-state index in [0.717, 1.165) is 6.21 Å². The highest BCUT2D eigenvalue weighted by atomic mass is 16.6. The molecule has 9 heteroatoms. The first kappa shape index (κ1) is 18.3. The average molecular weight is 323 g/mol. The average Bonchev–Trinajstić information content (AvgIpc) is 2.54. The lowest BCUT2D eigenvalue weighted by Crippen LogP contribution is -2.23. The van der Waals surface area contributed by atoms with Crippen LogP contribution in [0.5, 0.6) is 11.5 Å². The Kier molecular flexibility index (Phi) is 6.37. The minimum absolute atomic E-state index is 0.0248. The third-order valence-corrected chi connectivity index (χ3v) is 3.36. The zero-order valence-corrected chi connectivity index (χ0v) is 13.2. The van der Waals surface area contributed by atoms with Crippen LogP contribution in [0.4, 0.5) is 5.69 Å². The standard InChI is InChI=1S/C14H17N3O6/c1-8(12(18)7-16-15)13(22-3)10-5-9(21-2)6-11(17(19)20)14(10)23-4/h5-8,13H,1-4H3/t8-,13+/m0/s1. The summed E-state index contributed by atoms with van der Waals surface area (Å²) >= 11 is 0. The monoisotopic (exact) mass is 323 g/mol. The van der Waals surface area contributed by atoms with Crippen molar-refractivity contribution in [1.82, 2.24) is 0 Å². The maximum absolute atomic E-state index is 11.9. The highest BCUT2D eigenvalue weighted by Gasteiger charge is 2.33. The van der Waals surface area contributed by atoms with Gasteiger partial charge in [-0.25, -0.2) is 0 Å². The third-order valence-electron chi connectivity index (χ3n) is 3.36. The van der Waals surface area contributed by atoms with Gasteiger partial charge in [-0.2, -0.15) is 4.79 Å². The number of Topliss-reactive ketones (excluding diaryl/α,β-unsaturated/α-hetero) is 1. The first-order chi connectivity index (χ1) is 10.9. The fourth-order valence-electron chi connectivity index (χ4n) is 2.22. The summed E-state index contributed by atoms with van der Waals surface area (Å²) in [6, 6.07) is 2.72. The van der Waals surface area contributed by atoms with Gasteiger partial charge in [0.2, 0.25) is 11.5 Å². The molecule has 0 spiro atoms. The van der Waals surface area contributed by atoms with Gasteiger partial charge in [-0.3, -0.25) is 14.9 Å². The van der Waals surface area contributed by atoms with E-state index in [-0.39, 0.29) is 22.7 Å². The highest BCUT2D eigenvalue weighted by molar-refractivity contribution is 6.26. The van der Waals surface area contributed by atoms with Crippen molar-refractivity contribution in [3.63, 3.8) is 0 Å². The van der Waals surface area contributed by atoms with Crippen molar-refractivity contribution in [1.29, 1.82) is 0 Å². The molecule has 1 aromatic rings. The first-order valence-corrected chi connectivity index (χ1v) is 6.55. The lowest BCUT2D eigenvalue weighted by Gasteiger charge is -2.22. The fourth-order valence-corrected chi connectivity index (χ4v) is 2.22. The number of methoxy groups -OCH3 is 3. The van der Waals surface area contributed by atoms with E-state index in [1.54, 1.807) is 6.92 Å². The molecule has 0 fully saturated rings. The number of ketones is 1. The molecular weight excluding hydrogens is 306 g/mol. The molecule has 0 heterocycles. The predicted molar refractivity (Wildman–Crippen MR) is 79.8 cm³/mol. The number of hydrogen-bond acceptors (Lipinski definition) is 6. The van der Waals surface area contributed by atoms with Crippen molar-refractivity contribution in [3.8, 4) is 11.5 Å². The summed E-state index contributed by atoms with van der Waals surface area (Å²) in [5.74, 6) is -1.07. The first-order valence-electron chi connectivity index (χ1n) is 6.55. The van der Waals surface area contributed by atoms with Crippen LogP contribution < -0.4 is 9.47 Å². The van der Waals surface area contributed by atoms with E-state index in [2.05, 4.69) is 4.79 Å². The van der Waals surface area contributed by atoms with Crippen molar-refractivity contribution in [2.45, 2.75) is 13.0 Å². The number of rotatable bonds is 8. The lowest BCUT2D eigenvalue weighted by molar-refractivity contribution is -0.385. The summed E-state index contributed by atoms with van der Waals surface area (Å²) in [6.07, 6.45) is -0.109. The minimum atomic E-state index is -0.857. The second-order valence-corrected chi connectivity index (χ2v) is 4.62. The van der Waals surface area contributed by atoms with Crippen LogP contribution in [0.25, 0.3) is 5.53 Å². The molecule has 0 saturated heterocycles. The predicted octanol–water partition coefficient (Wildman–Crippen LogP) is 1.81. The van der Waals surface area contributed by atoms with Gasteiger partial charge in [-0.1, -0.05) is 6.92 Å². The van der Waals surface area contributed by atoms with E-state index in [1.807, 2.05) is 0 Å². The number of carbonyl (C=O) groups is 1. The summed E-state index contributed by atoms with van der Waals surface area (Å²) in [4.78, 5) is 25.2. The van der Waals surface area contributed by atoms with Gasteiger partial charge in [0, 0.05) is 12.7 Å². The maximum atomic E-state index is 11.9. The Bertz CT molecular complexity index is 654. The molecular formula is C14H17N3O6. The molecule has 0 aliphatic heterocycles. The zero-order valence-electron chi connectivity index (χ0n) is 13.2. The quantitative estimate of drug-likeness (QED) is 0.236. The van der Waals surface area contributed by atoms with E-state index in [1.165, 1.54) is 33.5 Å². The van der Waals surface area contributed by atoms with Crippen LogP contribution in [-0.2, 0) is 9.53 Å². The number of ether oxygens (including phenoxy) is 3. The lowest BCUT2D eigenvalue weighted by atomic mass is 9.92. The SMILES string of the molecule is COc1cc([C@H](OC)[C@@H](C)C(=O)C=[N+]=[N-])c(OC)c([N+](=O)[O-])c1. The van der Waals surface area contributed by atoms with Crippen molar-refractivity contribution in [2.24, 2.45) is 5.92 Å². The molecule has 0 bridgehead atoms. The van der Waals surface area contributed by atoms with Gasteiger partial charge in [-0.15, -0.1) is 0 Å². The number of nitro groups is 1. The largest absolute Gasteiger partial charge is 0.496 e. The zero-order chi connectivity index (χ0) is 17.6. The fraction of sp³-hybridized carbons (Fsp3) is 0.429. The number of carbonyl (C=O) groups excluding carboxylic acids is 1. The van der Waals surface area contributed by atoms with Crippen LogP contribution in [0, 0.1) is 16.0 Å². The molecule has 0 amide bonds. The Labute approximate surface area is 132 Å². The number of hydrogen-bond donors (Lipinski definition) is 0. The van der Waals surface area contributed by atoms with Crippen LogP contribution in [-0.4, -0.2) is 43.0 Å². The summed E-state index contributed by atoms with van der Waals surface area (Å²) in [7, 11) is 4.01. The van der Waals surface area contributed by atoms with Gasteiger partial charge in [0.05, 0.1) is 37.2 Å². The maximum Gasteiger partial charge on any atom is 0.323 e.